The van der Waals surface area contributed by atoms with Gasteiger partial charge in [0.2, 0.25) is 0 Å². The van der Waals surface area contributed by atoms with Gasteiger partial charge >= 0.3 is 0 Å². The van der Waals surface area contributed by atoms with Crippen LogP contribution in [0.25, 0.3) is 0 Å². The number of anilines is 1. The molecule has 2 aliphatic rings. The Balaban J connectivity index is 1.75. The lowest BCUT2D eigenvalue weighted by molar-refractivity contribution is 0.194. The summed E-state index contributed by atoms with van der Waals surface area (Å²) in [5.41, 5.74) is 4.21. The lowest BCUT2D eigenvalue weighted by Crippen LogP contribution is -2.32. The highest BCUT2D eigenvalue weighted by Crippen LogP contribution is 2.63. The van der Waals surface area contributed by atoms with Crippen molar-refractivity contribution in [3.05, 3.63) is 29.8 Å². The van der Waals surface area contributed by atoms with Crippen molar-refractivity contribution < 1.29 is 0 Å². The smallest absolute Gasteiger partial charge is 0.0568 e. The fraction of sp³-hybridized carbons (Fsp3) is 0.579. The first-order valence-corrected chi connectivity index (χ1v) is 8.22. The van der Waals surface area contributed by atoms with Crippen molar-refractivity contribution >= 4 is 17.6 Å². The maximum absolute atomic E-state index is 4.60. The molecule has 1 aromatic carbocycles. The Morgan fingerprint density at radius 1 is 1.14 bits per heavy atom. The molecule has 0 saturated heterocycles. The van der Waals surface area contributed by atoms with Crippen LogP contribution in [-0.2, 0) is 0 Å². The van der Waals surface area contributed by atoms with Gasteiger partial charge in [-0.2, -0.15) is 10.2 Å². The molecule has 0 N–H and O–H groups in total. The zero-order valence-electron chi connectivity index (χ0n) is 14.4. The zero-order valence-corrected chi connectivity index (χ0v) is 14.4. The van der Waals surface area contributed by atoms with E-state index in [9.17, 15) is 0 Å². The summed E-state index contributed by atoms with van der Waals surface area (Å²) >= 11 is 0. The van der Waals surface area contributed by atoms with Crippen LogP contribution >= 0.6 is 0 Å². The van der Waals surface area contributed by atoms with E-state index in [1.54, 1.807) is 0 Å². The Hall–Kier alpha value is -1.64. The zero-order chi connectivity index (χ0) is 16.0. The van der Waals surface area contributed by atoms with Gasteiger partial charge in [0.05, 0.1) is 6.21 Å². The van der Waals surface area contributed by atoms with E-state index in [0.29, 0.717) is 5.41 Å². The van der Waals surface area contributed by atoms with Crippen molar-refractivity contribution in [2.75, 3.05) is 19.0 Å². The fourth-order valence-corrected chi connectivity index (χ4v) is 4.10. The maximum Gasteiger partial charge on any atom is 0.0568 e. The van der Waals surface area contributed by atoms with Gasteiger partial charge in [0.25, 0.3) is 0 Å². The van der Waals surface area contributed by atoms with Gasteiger partial charge in [0.1, 0.15) is 0 Å². The molecule has 3 nitrogen and oxygen atoms in total. The van der Waals surface area contributed by atoms with E-state index < -0.39 is 0 Å². The Bertz CT molecular complexity index is 610. The van der Waals surface area contributed by atoms with Crippen LogP contribution in [0.1, 0.15) is 45.6 Å². The number of hydrogen-bond donors (Lipinski definition) is 0. The minimum absolute atomic E-state index is 0.240. The second-order valence-electron chi connectivity index (χ2n) is 7.77. The van der Waals surface area contributed by atoms with E-state index in [0.717, 1.165) is 17.9 Å². The Labute approximate surface area is 134 Å². The molecule has 2 bridgehead atoms. The van der Waals surface area contributed by atoms with E-state index in [1.165, 1.54) is 24.2 Å². The van der Waals surface area contributed by atoms with Gasteiger partial charge in [-0.25, -0.2) is 0 Å². The van der Waals surface area contributed by atoms with Crippen LogP contribution < -0.4 is 4.90 Å². The first kappa shape index (κ1) is 15.3. The Morgan fingerprint density at radius 2 is 1.82 bits per heavy atom. The number of fused-ring (bicyclic) bond motifs is 2. The predicted octanol–water partition coefficient (Wildman–Crippen LogP) is 4.37. The molecule has 2 aliphatic carbocycles. The first-order valence-electron chi connectivity index (χ1n) is 8.22. The highest BCUT2D eigenvalue weighted by Gasteiger charge is 2.59. The minimum atomic E-state index is 0.240. The van der Waals surface area contributed by atoms with Crippen molar-refractivity contribution in [1.29, 1.82) is 0 Å². The van der Waals surface area contributed by atoms with Gasteiger partial charge in [0.15, 0.2) is 0 Å². The molecule has 22 heavy (non-hydrogen) atoms. The third-order valence-electron chi connectivity index (χ3n) is 6.31. The van der Waals surface area contributed by atoms with Crippen LogP contribution in [0.5, 0.6) is 0 Å². The molecule has 1 aromatic rings. The molecule has 0 aromatic heterocycles. The highest BCUT2D eigenvalue weighted by molar-refractivity contribution is 5.94. The molecule has 0 unspecified atom stereocenters. The van der Waals surface area contributed by atoms with E-state index in [-0.39, 0.29) is 5.41 Å². The van der Waals surface area contributed by atoms with Gasteiger partial charge in [-0.3, -0.25) is 0 Å². The van der Waals surface area contributed by atoms with Crippen LogP contribution in [0.15, 0.2) is 34.5 Å². The molecule has 2 atom stereocenters. The number of nitrogens with zero attached hydrogens (tertiary/aromatic N) is 3. The Kier molecular flexibility index (Phi) is 3.62. The summed E-state index contributed by atoms with van der Waals surface area (Å²) < 4.78 is 0. The molecule has 2 saturated carbocycles. The molecule has 0 amide bonds. The normalized spacial score (nSPS) is 31.3. The Morgan fingerprint density at radius 3 is 2.32 bits per heavy atom. The summed E-state index contributed by atoms with van der Waals surface area (Å²) in [6, 6.07) is 8.39. The summed E-state index contributed by atoms with van der Waals surface area (Å²) in [4.78, 5) is 2.10. The van der Waals surface area contributed by atoms with Gasteiger partial charge in [-0.15, -0.1) is 0 Å². The lowest BCUT2D eigenvalue weighted by atomic mass is 9.70. The lowest BCUT2D eigenvalue weighted by Gasteiger charge is -2.34. The molecule has 3 heteroatoms. The second kappa shape index (κ2) is 5.22. The summed E-state index contributed by atoms with van der Waals surface area (Å²) in [6.45, 7) is 7.17. The maximum atomic E-state index is 4.60. The summed E-state index contributed by atoms with van der Waals surface area (Å²) in [5.74, 6) is 0.783. The molecule has 2 fully saturated rings. The summed E-state index contributed by atoms with van der Waals surface area (Å²) in [5, 5.41) is 8.98. The summed E-state index contributed by atoms with van der Waals surface area (Å²) in [7, 11) is 4.10. The molecule has 0 aliphatic heterocycles. The third kappa shape index (κ3) is 2.27. The van der Waals surface area contributed by atoms with Crippen LogP contribution in [-0.4, -0.2) is 26.0 Å². The van der Waals surface area contributed by atoms with E-state index in [2.05, 4.69) is 60.1 Å². The molecule has 0 radical (unpaired) electrons. The number of hydrogen-bond acceptors (Lipinski definition) is 3. The quantitative estimate of drug-likeness (QED) is 0.601. The van der Waals surface area contributed by atoms with Crippen LogP contribution in [0, 0.1) is 16.7 Å². The van der Waals surface area contributed by atoms with E-state index in [1.807, 2.05) is 20.3 Å². The van der Waals surface area contributed by atoms with E-state index in [4.69, 9.17) is 0 Å². The monoisotopic (exact) mass is 297 g/mol. The van der Waals surface area contributed by atoms with E-state index >= 15 is 0 Å². The second-order valence-corrected chi connectivity index (χ2v) is 7.77. The fourth-order valence-electron chi connectivity index (χ4n) is 4.10. The average Bonchev–Trinajstić information content (AvgIpc) is 2.81. The van der Waals surface area contributed by atoms with Crippen LogP contribution in [0.2, 0.25) is 0 Å². The van der Waals surface area contributed by atoms with Crippen molar-refractivity contribution in [2.24, 2.45) is 27.0 Å². The molecule has 118 valence electrons. The summed E-state index contributed by atoms with van der Waals surface area (Å²) in [6.07, 6.45) is 5.60. The standard InChI is InChI=1S/C19H27N3/c1-18(2)15-10-11-19(18,3)17(12-15)21-20-13-14-6-8-16(9-7-14)22(4)5/h6-9,13,15H,10-12H2,1-5H3/t15-,19-/m1/s1. The SMILES string of the molecule is CN(C)c1ccc(C=NN=C2C[C@H]3CC[C@@]2(C)C3(C)C)cc1. The van der Waals surface area contributed by atoms with Gasteiger partial charge in [-0.05, 0) is 48.3 Å². The molecule has 3 rings (SSSR count). The molecular formula is C19H27N3. The van der Waals surface area contributed by atoms with Gasteiger partial charge in [0, 0.05) is 30.9 Å². The number of rotatable bonds is 3. The van der Waals surface area contributed by atoms with Crippen molar-refractivity contribution in [3.8, 4) is 0 Å². The molecule has 0 spiro atoms. The third-order valence-corrected chi connectivity index (χ3v) is 6.31. The van der Waals surface area contributed by atoms with Gasteiger partial charge in [-0.1, -0.05) is 32.9 Å². The highest BCUT2D eigenvalue weighted by atomic mass is 15.2. The van der Waals surface area contributed by atoms with Gasteiger partial charge < -0.3 is 4.90 Å². The number of benzene rings is 1. The first-order chi connectivity index (χ1) is 10.3. The van der Waals surface area contributed by atoms with Crippen molar-refractivity contribution in [2.45, 2.75) is 40.0 Å². The van der Waals surface area contributed by atoms with Crippen LogP contribution in [0.3, 0.4) is 0 Å². The molecular weight excluding hydrogens is 270 g/mol. The van der Waals surface area contributed by atoms with Crippen molar-refractivity contribution in [3.63, 3.8) is 0 Å². The van der Waals surface area contributed by atoms with Crippen LogP contribution in [0.4, 0.5) is 5.69 Å². The topological polar surface area (TPSA) is 28.0 Å². The molecule has 0 heterocycles. The average molecular weight is 297 g/mol. The predicted molar refractivity (Wildman–Crippen MR) is 95.0 cm³/mol. The van der Waals surface area contributed by atoms with Crippen molar-refractivity contribution in [1.82, 2.24) is 0 Å². The minimum Gasteiger partial charge on any atom is -0.378 e. The largest absolute Gasteiger partial charge is 0.378 e.